The number of carbonyl (C=O) groups excluding carboxylic acids is 3. The third-order valence-electron chi connectivity index (χ3n) is 3.42. The molecule has 1 aromatic rings. The average molecular weight is 347 g/mol. The summed E-state index contributed by atoms with van der Waals surface area (Å²) in [5.74, 6) is -0.565. The van der Waals surface area contributed by atoms with Crippen LogP contribution < -0.4 is 5.32 Å². The normalized spacial score (nSPS) is 11.2. The van der Waals surface area contributed by atoms with Crippen LogP contribution in [0.15, 0.2) is 43.0 Å². The summed E-state index contributed by atoms with van der Waals surface area (Å²) in [5, 5.41) is 2.48. The van der Waals surface area contributed by atoms with E-state index >= 15 is 0 Å². The van der Waals surface area contributed by atoms with Crippen LogP contribution in [0.2, 0.25) is 0 Å². The van der Waals surface area contributed by atoms with Gasteiger partial charge in [0.2, 0.25) is 0 Å². The van der Waals surface area contributed by atoms with Crippen molar-refractivity contribution in [2.75, 3.05) is 6.61 Å². The molecule has 6 nitrogen and oxygen atoms in total. The molecule has 1 N–H and O–H groups in total. The third-order valence-corrected chi connectivity index (χ3v) is 3.42. The molecule has 0 aliphatic heterocycles. The predicted octanol–water partition coefficient (Wildman–Crippen LogP) is 3.16. The number of benzene rings is 1. The molecule has 1 atom stereocenters. The maximum atomic E-state index is 12.0. The van der Waals surface area contributed by atoms with E-state index in [0.29, 0.717) is 12.8 Å². The second-order valence-electron chi connectivity index (χ2n) is 5.42. The molecule has 0 saturated carbocycles. The van der Waals surface area contributed by atoms with Crippen LogP contribution in [0, 0.1) is 0 Å². The Morgan fingerprint density at radius 2 is 1.88 bits per heavy atom. The van der Waals surface area contributed by atoms with Crippen LogP contribution in [0.25, 0.3) is 0 Å². The standard InChI is InChI=1S/C19H25NO5/c1-3-5-11-16(21)12-13-17(18(22)24-4-2)20-19(23)25-14-15-9-7-6-8-10-15/h3,6-10,17H,1,4-5,11-14H2,2H3,(H,20,23)/t17-/m1/s1. The van der Waals surface area contributed by atoms with E-state index in [1.54, 1.807) is 13.0 Å². The molecule has 0 bridgehead atoms. The number of hydrogen-bond acceptors (Lipinski definition) is 5. The van der Waals surface area contributed by atoms with Crippen molar-refractivity contribution >= 4 is 17.8 Å². The van der Waals surface area contributed by atoms with Crippen LogP contribution in [-0.4, -0.2) is 30.5 Å². The SMILES string of the molecule is C=CCCC(=O)CC[C@@H](NC(=O)OCc1ccccc1)C(=O)OCC. The average Bonchev–Trinajstić information content (AvgIpc) is 2.62. The minimum atomic E-state index is -0.907. The Morgan fingerprint density at radius 3 is 2.52 bits per heavy atom. The van der Waals surface area contributed by atoms with Gasteiger partial charge in [-0.15, -0.1) is 6.58 Å². The van der Waals surface area contributed by atoms with Gasteiger partial charge in [0, 0.05) is 12.8 Å². The summed E-state index contributed by atoms with van der Waals surface area (Å²) < 4.78 is 10.0. The number of hydrogen-bond donors (Lipinski definition) is 1. The molecule has 0 aliphatic rings. The molecule has 25 heavy (non-hydrogen) atoms. The van der Waals surface area contributed by atoms with Gasteiger partial charge in [-0.3, -0.25) is 4.79 Å². The third kappa shape index (κ3) is 8.69. The molecule has 0 radical (unpaired) electrons. The van der Waals surface area contributed by atoms with Gasteiger partial charge in [0.05, 0.1) is 6.61 Å². The van der Waals surface area contributed by atoms with Crippen LogP contribution in [0.4, 0.5) is 4.79 Å². The molecule has 0 aromatic heterocycles. The van der Waals surface area contributed by atoms with Gasteiger partial charge in [-0.25, -0.2) is 9.59 Å². The Labute approximate surface area is 148 Å². The molecular formula is C19H25NO5. The van der Waals surface area contributed by atoms with Crippen molar-refractivity contribution in [3.05, 3.63) is 48.6 Å². The number of Topliss-reactive ketones (excluding diaryl/α,β-unsaturated/α-hetero) is 1. The summed E-state index contributed by atoms with van der Waals surface area (Å²) in [4.78, 5) is 35.6. The van der Waals surface area contributed by atoms with E-state index < -0.39 is 18.1 Å². The second kappa shape index (κ2) is 11.8. The molecule has 0 fully saturated rings. The highest BCUT2D eigenvalue weighted by molar-refractivity contribution is 5.83. The van der Waals surface area contributed by atoms with Gasteiger partial charge in [0.25, 0.3) is 0 Å². The quantitative estimate of drug-likeness (QED) is 0.491. The van der Waals surface area contributed by atoms with Gasteiger partial charge in [0.15, 0.2) is 0 Å². The van der Waals surface area contributed by atoms with Crippen molar-refractivity contribution in [3.8, 4) is 0 Å². The van der Waals surface area contributed by atoms with Crippen LogP contribution in [0.3, 0.4) is 0 Å². The number of esters is 1. The Bertz CT molecular complexity index is 570. The van der Waals surface area contributed by atoms with Crippen LogP contribution in [0.5, 0.6) is 0 Å². The van der Waals surface area contributed by atoms with Crippen molar-refractivity contribution in [3.63, 3.8) is 0 Å². The van der Waals surface area contributed by atoms with Crippen molar-refractivity contribution < 1.29 is 23.9 Å². The Kier molecular flexibility index (Phi) is 9.67. The van der Waals surface area contributed by atoms with E-state index in [1.165, 1.54) is 0 Å². The lowest BCUT2D eigenvalue weighted by atomic mass is 10.1. The van der Waals surface area contributed by atoms with Crippen LogP contribution in [-0.2, 0) is 25.7 Å². The van der Waals surface area contributed by atoms with Crippen molar-refractivity contribution in [2.24, 2.45) is 0 Å². The molecule has 0 heterocycles. The number of ketones is 1. The second-order valence-corrected chi connectivity index (χ2v) is 5.42. The fraction of sp³-hybridized carbons (Fsp3) is 0.421. The molecule has 0 aliphatic carbocycles. The Morgan fingerprint density at radius 1 is 1.16 bits per heavy atom. The number of ether oxygens (including phenoxy) is 2. The lowest BCUT2D eigenvalue weighted by molar-refractivity contribution is -0.145. The van der Waals surface area contributed by atoms with Gasteiger partial charge in [-0.1, -0.05) is 36.4 Å². The van der Waals surface area contributed by atoms with Crippen molar-refractivity contribution in [1.82, 2.24) is 5.32 Å². The van der Waals surface area contributed by atoms with Gasteiger partial charge < -0.3 is 14.8 Å². The fourth-order valence-electron chi connectivity index (χ4n) is 2.09. The van der Waals surface area contributed by atoms with Crippen molar-refractivity contribution in [2.45, 2.75) is 45.3 Å². The van der Waals surface area contributed by atoms with Gasteiger partial charge in [0.1, 0.15) is 18.4 Å². The highest BCUT2D eigenvalue weighted by Crippen LogP contribution is 2.06. The molecule has 1 rings (SSSR count). The first-order chi connectivity index (χ1) is 12.1. The zero-order valence-electron chi connectivity index (χ0n) is 14.5. The highest BCUT2D eigenvalue weighted by Gasteiger charge is 2.23. The number of nitrogens with one attached hydrogen (secondary N) is 1. The summed E-state index contributed by atoms with van der Waals surface area (Å²) in [5.41, 5.74) is 0.838. The molecule has 0 spiro atoms. The molecule has 6 heteroatoms. The van der Waals surface area contributed by atoms with E-state index in [0.717, 1.165) is 5.56 Å². The predicted molar refractivity (Wildman–Crippen MR) is 93.9 cm³/mol. The number of rotatable bonds is 11. The van der Waals surface area contributed by atoms with Crippen LogP contribution >= 0.6 is 0 Å². The maximum Gasteiger partial charge on any atom is 0.408 e. The molecule has 0 unspecified atom stereocenters. The molecule has 136 valence electrons. The monoisotopic (exact) mass is 347 g/mol. The number of carbonyl (C=O) groups is 3. The summed E-state index contributed by atoms with van der Waals surface area (Å²) in [6.07, 6.45) is 2.26. The van der Waals surface area contributed by atoms with Crippen LogP contribution in [0.1, 0.15) is 38.2 Å². The lowest BCUT2D eigenvalue weighted by Gasteiger charge is -2.17. The summed E-state index contributed by atoms with van der Waals surface area (Å²) in [7, 11) is 0. The summed E-state index contributed by atoms with van der Waals surface area (Å²) >= 11 is 0. The molecular weight excluding hydrogens is 322 g/mol. The van der Waals surface area contributed by atoms with E-state index in [9.17, 15) is 14.4 Å². The highest BCUT2D eigenvalue weighted by atomic mass is 16.6. The first-order valence-corrected chi connectivity index (χ1v) is 8.33. The zero-order valence-corrected chi connectivity index (χ0v) is 14.5. The van der Waals surface area contributed by atoms with E-state index in [2.05, 4.69) is 11.9 Å². The maximum absolute atomic E-state index is 12.0. The van der Waals surface area contributed by atoms with E-state index in [1.807, 2.05) is 30.3 Å². The Hall–Kier alpha value is -2.63. The number of allylic oxidation sites excluding steroid dienone is 1. The summed E-state index contributed by atoms with van der Waals surface area (Å²) in [6, 6.07) is 8.29. The molecule has 1 aromatic carbocycles. The minimum Gasteiger partial charge on any atom is -0.464 e. The number of alkyl carbamates (subject to hydrolysis) is 1. The number of amides is 1. The summed E-state index contributed by atoms with van der Waals surface area (Å²) in [6.45, 7) is 5.54. The first-order valence-electron chi connectivity index (χ1n) is 8.33. The van der Waals surface area contributed by atoms with Gasteiger partial charge >= 0.3 is 12.1 Å². The lowest BCUT2D eigenvalue weighted by Crippen LogP contribution is -2.42. The van der Waals surface area contributed by atoms with Gasteiger partial charge in [-0.05, 0) is 25.3 Å². The molecule has 0 saturated heterocycles. The van der Waals surface area contributed by atoms with Gasteiger partial charge in [-0.2, -0.15) is 0 Å². The topological polar surface area (TPSA) is 81.7 Å². The fourth-order valence-corrected chi connectivity index (χ4v) is 2.09. The first kappa shape index (κ1) is 20.4. The van der Waals surface area contributed by atoms with E-state index in [4.69, 9.17) is 9.47 Å². The Balaban J connectivity index is 2.51. The largest absolute Gasteiger partial charge is 0.464 e. The zero-order chi connectivity index (χ0) is 18.5. The molecule has 1 amide bonds. The minimum absolute atomic E-state index is 0.00801. The van der Waals surface area contributed by atoms with E-state index in [-0.39, 0.29) is 31.8 Å². The van der Waals surface area contributed by atoms with Crippen molar-refractivity contribution in [1.29, 1.82) is 0 Å². The smallest absolute Gasteiger partial charge is 0.408 e.